The van der Waals surface area contributed by atoms with Gasteiger partial charge in [0, 0.05) is 5.56 Å². The first-order valence-electron chi connectivity index (χ1n) is 8.85. The smallest absolute Gasteiger partial charge is 0.234 e. The first-order valence-corrected chi connectivity index (χ1v) is 10.6. The lowest BCUT2D eigenvalue weighted by Gasteiger charge is -2.19. The Morgan fingerprint density at radius 2 is 1.72 bits per heavy atom. The number of rotatable bonds is 5. The molecule has 0 fully saturated rings. The van der Waals surface area contributed by atoms with E-state index in [9.17, 15) is 4.79 Å². The van der Waals surface area contributed by atoms with Crippen molar-refractivity contribution in [2.75, 3.05) is 16.9 Å². The summed E-state index contributed by atoms with van der Waals surface area (Å²) < 4.78 is 1.38. The van der Waals surface area contributed by atoms with Gasteiger partial charge in [-0.2, -0.15) is 0 Å². The van der Waals surface area contributed by atoms with E-state index in [1.807, 2.05) is 12.1 Å². The molecule has 9 heteroatoms. The number of halogens is 2. The van der Waals surface area contributed by atoms with Crippen LogP contribution in [0.3, 0.4) is 0 Å². The van der Waals surface area contributed by atoms with Crippen LogP contribution in [-0.4, -0.2) is 26.5 Å². The van der Waals surface area contributed by atoms with Crippen LogP contribution in [0.5, 0.6) is 0 Å². The summed E-state index contributed by atoms with van der Waals surface area (Å²) in [7, 11) is 0. The van der Waals surface area contributed by atoms with E-state index in [2.05, 4.69) is 48.4 Å². The van der Waals surface area contributed by atoms with Gasteiger partial charge in [-0.15, -0.1) is 10.2 Å². The summed E-state index contributed by atoms with van der Waals surface area (Å²) >= 11 is 13.3. The average Bonchev–Trinajstić information content (AvgIpc) is 3.03. The van der Waals surface area contributed by atoms with Crippen LogP contribution in [0.1, 0.15) is 26.3 Å². The first-order chi connectivity index (χ1) is 13.7. The summed E-state index contributed by atoms with van der Waals surface area (Å²) in [6, 6.07) is 13.1. The second kappa shape index (κ2) is 8.65. The Hall–Kier alpha value is -2.22. The van der Waals surface area contributed by atoms with Gasteiger partial charge in [-0.1, -0.05) is 86.1 Å². The number of hydrogen-bond donors (Lipinski definition) is 2. The summed E-state index contributed by atoms with van der Waals surface area (Å²) in [6.07, 6.45) is 0. The molecule has 2 aromatic carbocycles. The third kappa shape index (κ3) is 5.04. The number of nitrogens with two attached hydrogens (primary N) is 1. The highest BCUT2D eigenvalue weighted by atomic mass is 35.5. The summed E-state index contributed by atoms with van der Waals surface area (Å²) in [5.74, 6) is 6.48. The number of benzene rings is 2. The van der Waals surface area contributed by atoms with E-state index in [4.69, 9.17) is 29.0 Å². The van der Waals surface area contributed by atoms with E-state index in [0.29, 0.717) is 26.7 Å². The number of nitrogens with zero attached hydrogens (tertiary/aromatic N) is 3. The Kier molecular flexibility index (Phi) is 6.41. The van der Waals surface area contributed by atoms with E-state index in [-0.39, 0.29) is 17.1 Å². The molecule has 0 saturated carbocycles. The van der Waals surface area contributed by atoms with Crippen molar-refractivity contribution in [1.29, 1.82) is 0 Å². The van der Waals surface area contributed by atoms with E-state index in [1.165, 1.54) is 22.0 Å². The topological polar surface area (TPSA) is 85.8 Å². The van der Waals surface area contributed by atoms with Gasteiger partial charge in [-0.3, -0.25) is 4.79 Å². The first kappa shape index (κ1) is 21.5. The zero-order chi connectivity index (χ0) is 21.2. The molecule has 152 valence electrons. The highest BCUT2D eigenvalue weighted by Crippen LogP contribution is 2.30. The maximum absolute atomic E-state index is 12.3. The summed E-state index contributed by atoms with van der Waals surface area (Å²) in [5, 5.41) is 12.1. The van der Waals surface area contributed by atoms with Crippen LogP contribution in [0.25, 0.3) is 11.4 Å². The van der Waals surface area contributed by atoms with Gasteiger partial charge in [0.15, 0.2) is 5.82 Å². The van der Waals surface area contributed by atoms with E-state index < -0.39 is 0 Å². The molecule has 1 amide bonds. The molecule has 0 aliphatic carbocycles. The molecule has 3 aromatic rings. The molecule has 0 radical (unpaired) electrons. The Balaban J connectivity index is 1.68. The second-order valence-electron chi connectivity index (χ2n) is 7.44. The Labute approximate surface area is 183 Å². The van der Waals surface area contributed by atoms with Gasteiger partial charge in [0.1, 0.15) is 0 Å². The normalized spacial score (nSPS) is 11.5. The molecule has 3 N–H and O–H groups in total. The van der Waals surface area contributed by atoms with Crippen LogP contribution < -0.4 is 11.2 Å². The van der Waals surface area contributed by atoms with Crippen LogP contribution in [0.2, 0.25) is 10.0 Å². The van der Waals surface area contributed by atoms with Crippen molar-refractivity contribution in [3.63, 3.8) is 0 Å². The number of nitrogen functional groups attached to an aromatic ring is 1. The fourth-order valence-corrected chi connectivity index (χ4v) is 3.76. The van der Waals surface area contributed by atoms with Crippen molar-refractivity contribution >= 4 is 46.6 Å². The molecule has 29 heavy (non-hydrogen) atoms. The fraction of sp³-hybridized carbons (Fsp3) is 0.250. The number of hydrogen-bond acceptors (Lipinski definition) is 5. The minimum Gasteiger partial charge on any atom is -0.335 e. The maximum atomic E-state index is 12.3. The second-order valence-corrected chi connectivity index (χ2v) is 9.19. The lowest BCUT2D eigenvalue weighted by atomic mass is 9.87. The van der Waals surface area contributed by atoms with Crippen molar-refractivity contribution < 1.29 is 4.79 Å². The predicted octanol–water partition coefficient (Wildman–Crippen LogP) is 4.99. The van der Waals surface area contributed by atoms with Crippen molar-refractivity contribution in [2.45, 2.75) is 31.3 Å². The number of nitrogens with one attached hydrogen (secondary N) is 1. The highest BCUT2D eigenvalue weighted by Gasteiger charge is 2.17. The summed E-state index contributed by atoms with van der Waals surface area (Å²) in [5.41, 5.74) is 2.52. The minimum absolute atomic E-state index is 0.0633. The van der Waals surface area contributed by atoms with Crippen LogP contribution >= 0.6 is 35.0 Å². The minimum atomic E-state index is -0.274. The zero-order valence-corrected chi connectivity index (χ0v) is 18.6. The van der Waals surface area contributed by atoms with Gasteiger partial charge in [-0.05, 0) is 23.1 Å². The molecule has 0 aliphatic rings. The van der Waals surface area contributed by atoms with Gasteiger partial charge in [0.25, 0.3) is 0 Å². The van der Waals surface area contributed by atoms with E-state index in [0.717, 1.165) is 5.56 Å². The number of thioether (sulfide) groups is 1. The highest BCUT2D eigenvalue weighted by molar-refractivity contribution is 7.99. The van der Waals surface area contributed by atoms with Crippen molar-refractivity contribution in [3.8, 4) is 11.4 Å². The monoisotopic (exact) mass is 449 g/mol. The lowest BCUT2D eigenvalue weighted by Crippen LogP contribution is -2.17. The van der Waals surface area contributed by atoms with Crippen LogP contribution in [-0.2, 0) is 10.2 Å². The molecule has 0 atom stereocenters. The van der Waals surface area contributed by atoms with E-state index >= 15 is 0 Å². The standard InChI is InChI=1S/C20H21Cl2N5OS/c1-20(2,3)13-9-7-12(8-10-13)18-25-26-19(27(18)23)29-11-16(28)24-17-14(21)5-4-6-15(17)22/h4-10H,11,23H2,1-3H3,(H,24,28). The molecule has 1 aromatic heterocycles. The van der Waals surface area contributed by atoms with Crippen molar-refractivity contribution in [3.05, 3.63) is 58.1 Å². The summed E-state index contributed by atoms with van der Waals surface area (Å²) in [4.78, 5) is 12.3. The SMILES string of the molecule is CC(C)(C)c1ccc(-c2nnc(SCC(=O)Nc3c(Cl)cccc3Cl)n2N)cc1. The third-order valence-electron chi connectivity index (χ3n) is 4.23. The number of carbonyl (C=O) groups excluding carboxylic acids is 1. The quantitative estimate of drug-likeness (QED) is 0.422. The van der Waals surface area contributed by atoms with Crippen LogP contribution in [0, 0.1) is 0 Å². The molecular weight excluding hydrogens is 429 g/mol. The molecule has 1 heterocycles. The molecule has 6 nitrogen and oxygen atoms in total. The molecule has 0 aliphatic heterocycles. The third-order valence-corrected chi connectivity index (χ3v) is 5.81. The number of aromatic nitrogens is 3. The van der Waals surface area contributed by atoms with Gasteiger partial charge in [0.2, 0.25) is 11.1 Å². The molecule has 3 rings (SSSR count). The number of para-hydroxylation sites is 1. The van der Waals surface area contributed by atoms with Gasteiger partial charge < -0.3 is 11.2 Å². The molecule has 0 saturated heterocycles. The van der Waals surface area contributed by atoms with Crippen molar-refractivity contribution in [1.82, 2.24) is 14.9 Å². The van der Waals surface area contributed by atoms with Crippen LogP contribution in [0.4, 0.5) is 5.69 Å². The molecule has 0 bridgehead atoms. The fourth-order valence-electron chi connectivity index (χ4n) is 2.61. The van der Waals surface area contributed by atoms with Crippen LogP contribution in [0.15, 0.2) is 47.6 Å². The Morgan fingerprint density at radius 3 is 2.31 bits per heavy atom. The number of amides is 1. The van der Waals surface area contributed by atoms with Gasteiger partial charge >= 0.3 is 0 Å². The molecule has 0 spiro atoms. The van der Waals surface area contributed by atoms with E-state index in [1.54, 1.807) is 18.2 Å². The van der Waals surface area contributed by atoms with Gasteiger partial charge in [0.05, 0.1) is 21.5 Å². The summed E-state index contributed by atoms with van der Waals surface area (Å²) in [6.45, 7) is 6.47. The lowest BCUT2D eigenvalue weighted by molar-refractivity contribution is -0.113. The molecule has 0 unspecified atom stereocenters. The zero-order valence-electron chi connectivity index (χ0n) is 16.2. The predicted molar refractivity (Wildman–Crippen MR) is 120 cm³/mol. The Bertz CT molecular complexity index is 1010. The molecular formula is C20H21Cl2N5OS. The van der Waals surface area contributed by atoms with Crippen molar-refractivity contribution in [2.24, 2.45) is 0 Å². The maximum Gasteiger partial charge on any atom is 0.234 e. The average molecular weight is 450 g/mol. The van der Waals surface area contributed by atoms with Gasteiger partial charge in [-0.25, -0.2) is 4.68 Å². The largest absolute Gasteiger partial charge is 0.335 e. The number of anilines is 1. The Morgan fingerprint density at radius 1 is 1.10 bits per heavy atom. The number of carbonyl (C=O) groups is 1.